The summed E-state index contributed by atoms with van der Waals surface area (Å²) in [5, 5.41) is 2.66. The van der Waals surface area contributed by atoms with Crippen LogP contribution in [0.2, 0.25) is 0 Å². The first-order valence-corrected chi connectivity index (χ1v) is 9.85. The van der Waals surface area contributed by atoms with Gasteiger partial charge >= 0.3 is 5.97 Å². The standard InChI is InChI=1S/C23H24N2O5/c1-14(2)11-12-25-21(27)18-10-9-16(13-19(18)22(25)28)23(29)30-15(3)20(26)24-17-7-5-4-6-8-17/h4-10,13-15H,11-12H2,1-3H3,(H,24,26)/t15-/m0/s1. The van der Waals surface area contributed by atoms with Crippen LogP contribution in [-0.2, 0) is 9.53 Å². The van der Waals surface area contributed by atoms with Gasteiger partial charge in [0.1, 0.15) is 0 Å². The number of amides is 3. The highest BCUT2D eigenvalue weighted by atomic mass is 16.5. The quantitative estimate of drug-likeness (QED) is 0.559. The number of carbonyl (C=O) groups excluding carboxylic acids is 4. The van der Waals surface area contributed by atoms with E-state index < -0.39 is 23.9 Å². The summed E-state index contributed by atoms with van der Waals surface area (Å²) in [6, 6.07) is 13.1. The second-order valence-corrected chi connectivity index (χ2v) is 7.61. The van der Waals surface area contributed by atoms with E-state index in [-0.39, 0.29) is 22.6 Å². The van der Waals surface area contributed by atoms with E-state index in [0.717, 1.165) is 0 Å². The summed E-state index contributed by atoms with van der Waals surface area (Å²) in [6.07, 6.45) is -0.333. The Labute approximate surface area is 175 Å². The molecule has 2 aromatic carbocycles. The first kappa shape index (κ1) is 21.2. The number of esters is 1. The number of hydrogen-bond acceptors (Lipinski definition) is 5. The van der Waals surface area contributed by atoms with Gasteiger partial charge in [0, 0.05) is 12.2 Å². The number of rotatable bonds is 7. The van der Waals surface area contributed by atoms with Crippen molar-refractivity contribution in [3.63, 3.8) is 0 Å². The van der Waals surface area contributed by atoms with Gasteiger partial charge in [-0.25, -0.2) is 4.79 Å². The lowest BCUT2D eigenvalue weighted by Crippen LogP contribution is -2.31. The Morgan fingerprint density at radius 3 is 2.30 bits per heavy atom. The molecule has 2 aromatic rings. The molecular formula is C23H24N2O5. The number of anilines is 1. The highest BCUT2D eigenvalue weighted by molar-refractivity contribution is 6.22. The van der Waals surface area contributed by atoms with Crippen LogP contribution >= 0.6 is 0 Å². The van der Waals surface area contributed by atoms with Gasteiger partial charge in [-0.1, -0.05) is 32.0 Å². The molecule has 1 heterocycles. The predicted molar refractivity (Wildman–Crippen MR) is 111 cm³/mol. The lowest BCUT2D eigenvalue weighted by molar-refractivity contribution is -0.123. The van der Waals surface area contributed by atoms with Crippen LogP contribution in [0.1, 0.15) is 58.3 Å². The number of imide groups is 1. The Morgan fingerprint density at radius 1 is 0.967 bits per heavy atom. The molecule has 0 spiro atoms. The molecule has 3 rings (SSSR count). The first-order chi connectivity index (χ1) is 14.3. The normalized spacial score (nSPS) is 13.9. The highest BCUT2D eigenvalue weighted by Crippen LogP contribution is 2.25. The number of para-hydroxylation sites is 1. The SMILES string of the molecule is CC(C)CCN1C(=O)c2ccc(C(=O)O[C@@H](C)C(=O)Nc3ccccc3)cc2C1=O. The van der Waals surface area contributed by atoms with E-state index in [4.69, 9.17) is 4.74 Å². The van der Waals surface area contributed by atoms with E-state index in [0.29, 0.717) is 24.6 Å². The lowest BCUT2D eigenvalue weighted by atomic mass is 10.1. The van der Waals surface area contributed by atoms with Crippen molar-refractivity contribution in [1.82, 2.24) is 4.90 Å². The van der Waals surface area contributed by atoms with E-state index in [9.17, 15) is 19.2 Å². The van der Waals surface area contributed by atoms with Crippen molar-refractivity contribution in [1.29, 1.82) is 0 Å². The molecule has 1 atom stereocenters. The van der Waals surface area contributed by atoms with Crippen molar-refractivity contribution in [3.8, 4) is 0 Å². The van der Waals surface area contributed by atoms with Crippen LogP contribution in [0.3, 0.4) is 0 Å². The maximum Gasteiger partial charge on any atom is 0.338 e. The van der Waals surface area contributed by atoms with Crippen molar-refractivity contribution in [2.45, 2.75) is 33.3 Å². The number of ether oxygens (including phenoxy) is 1. The van der Waals surface area contributed by atoms with Crippen molar-refractivity contribution in [3.05, 3.63) is 65.2 Å². The van der Waals surface area contributed by atoms with Crippen LogP contribution in [0, 0.1) is 5.92 Å². The molecule has 1 N–H and O–H groups in total. The van der Waals surface area contributed by atoms with Gasteiger partial charge < -0.3 is 10.1 Å². The molecule has 0 saturated heterocycles. The molecule has 7 heteroatoms. The molecule has 30 heavy (non-hydrogen) atoms. The van der Waals surface area contributed by atoms with Gasteiger partial charge in [-0.2, -0.15) is 0 Å². The third-order valence-electron chi connectivity index (χ3n) is 4.83. The summed E-state index contributed by atoms with van der Waals surface area (Å²) in [5.74, 6) is -1.63. The Morgan fingerprint density at radius 2 is 1.63 bits per heavy atom. The third-order valence-corrected chi connectivity index (χ3v) is 4.83. The molecule has 0 aliphatic carbocycles. The molecule has 1 aliphatic rings. The van der Waals surface area contributed by atoms with Gasteiger partial charge in [0.15, 0.2) is 6.10 Å². The van der Waals surface area contributed by atoms with Crippen molar-refractivity contribution < 1.29 is 23.9 Å². The summed E-state index contributed by atoms with van der Waals surface area (Å²) in [4.78, 5) is 51.0. The topological polar surface area (TPSA) is 92.8 Å². The summed E-state index contributed by atoms with van der Waals surface area (Å²) in [7, 11) is 0. The second-order valence-electron chi connectivity index (χ2n) is 7.61. The van der Waals surface area contributed by atoms with Crippen molar-refractivity contribution >= 4 is 29.4 Å². The van der Waals surface area contributed by atoms with Gasteiger partial charge in [-0.05, 0) is 49.6 Å². The molecule has 0 unspecified atom stereocenters. The van der Waals surface area contributed by atoms with Gasteiger partial charge in [0.05, 0.1) is 16.7 Å². The van der Waals surface area contributed by atoms with Gasteiger partial charge in [0.2, 0.25) is 0 Å². The molecule has 0 fully saturated rings. The smallest absolute Gasteiger partial charge is 0.338 e. The molecule has 3 amide bonds. The summed E-state index contributed by atoms with van der Waals surface area (Å²) >= 11 is 0. The fourth-order valence-corrected chi connectivity index (χ4v) is 3.06. The maximum atomic E-state index is 12.6. The molecule has 156 valence electrons. The fourth-order valence-electron chi connectivity index (χ4n) is 3.06. The molecular weight excluding hydrogens is 384 g/mol. The minimum absolute atomic E-state index is 0.111. The maximum absolute atomic E-state index is 12.6. The molecule has 0 aromatic heterocycles. The van der Waals surface area contributed by atoms with E-state index >= 15 is 0 Å². The van der Waals surface area contributed by atoms with Crippen molar-refractivity contribution in [2.24, 2.45) is 5.92 Å². The Kier molecular flexibility index (Phi) is 6.30. The predicted octanol–water partition coefficient (Wildman–Crippen LogP) is 3.51. The number of hydrogen-bond donors (Lipinski definition) is 1. The highest BCUT2D eigenvalue weighted by Gasteiger charge is 2.36. The first-order valence-electron chi connectivity index (χ1n) is 9.85. The van der Waals surface area contributed by atoms with Gasteiger partial charge in [-0.15, -0.1) is 0 Å². The number of fused-ring (bicyclic) bond motifs is 1. The van der Waals surface area contributed by atoms with Crippen LogP contribution in [0.15, 0.2) is 48.5 Å². The van der Waals surface area contributed by atoms with Crippen LogP contribution in [0.5, 0.6) is 0 Å². The third kappa shape index (κ3) is 4.56. The number of nitrogens with zero attached hydrogens (tertiary/aromatic N) is 1. The zero-order chi connectivity index (χ0) is 21.8. The van der Waals surface area contributed by atoms with Crippen LogP contribution in [-0.4, -0.2) is 41.2 Å². The number of benzene rings is 2. The zero-order valence-electron chi connectivity index (χ0n) is 17.2. The Balaban J connectivity index is 1.68. The Hall–Kier alpha value is -3.48. The average molecular weight is 408 g/mol. The van der Waals surface area contributed by atoms with Gasteiger partial charge in [-0.3, -0.25) is 19.3 Å². The molecule has 0 saturated carbocycles. The molecule has 7 nitrogen and oxygen atoms in total. The second kappa shape index (κ2) is 8.90. The van der Waals surface area contributed by atoms with E-state index in [1.165, 1.54) is 30.0 Å². The monoisotopic (exact) mass is 408 g/mol. The molecule has 0 radical (unpaired) electrons. The number of nitrogens with one attached hydrogen (secondary N) is 1. The van der Waals surface area contributed by atoms with E-state index in [1.54, 1.807) is 24.3 Å². The van der Waals surface area contributed by atoms with E-state index in [2.05, 4.69) is 5.32 Å². The van der Waals surface area contributed by atoms with Gasteiger partial charge in [0.25, 0.3) is 17.7 Å². The zero-order valence-corrected chi connectivity index (χ0v) is 17.2. The van der Waals surface area contributed by atoms with Crippen LogP contribution in [0.4, 0.5) is 5.69 Å². The van der Waals surface area contributed by atoms with Crippen molar-refractivity contribution in [2.75, 3.05) is 11.9 Å². The largest absolute Gasteiger partial charge is 0.449 e. The van der Waals surface area contributed by atoms with E-state index in [1.807, 2.05) is 19.9 Å². The number of carbonyl (C=O) groups is 4. The molecule has 1 aliphatic heterocycles. The Bertz CT molecular complexity index is 984. The van der Waals surface area contributed by atoms with Crippen LogP contribution < -0.4 is 5.32 Å². The summed E-state index contributed by atoms with van der Waals surface area (Å²) in [6.45, 7) is 5.83. The minimum atomic E-state index is -1.04. The summed E-state index contributed by atoms with van der Waals surface area (Å²) in [5.41, 5.74) is 1.16. The summed E-state index contributed by atoms with van der Waals surface area (Å²) < 4.78 is 5.24. The van der Waals surface area contributed by atoms with Crippen LogP contribution in [0.25, 0.3) is 0 Å². The average Bonchev–Trinajstić information content (AvgIpc) is 2.96. The molecule has 0 bridgehead atoms. The fraction of sp³-hybridized carbons (Fsp3) is 0.304. The minimum Gasteiger partial charge on any atom is -0.449 e. The lowest BCUT2D eigenvalue weighted by Gasteiger charge is -2.14.